The molecule has 0 spiro atoms. The number of hydrogen-bond acceptors (Lipinski definition) is 1. The number of benzene rings is 9. The Kier molecular flexibility index (Phi) is 8.01. The van der Waals surface area contributed by atoms with E-state index in [4.69, 9.17) is 4.74 Å². The summed E-state index contributed by atoms with van der Waals surface area (Å²) in [4.78, 5) is 0. The van der Waals surface area contributed by atoms with Gasteiger partial charge in [0, 0.05) is 5.56 Å². The molecule has 11 rings (SSSR count). The van der Waals surface area contributed by atoms with Crippen LogP contribution in [0.4, 0.5) is 0 Å². The number of para-hydroxylation sites is 1. The zero-order valence-electron chi connectivity index (χ0n) is 31.3. The molecule has 0 unspecified atom stereocenters. The number of hydrogen-bond donors (Lipinski definition) is 0. The number of rotatable bonds is 5. The molecule has 0 N–H and O–H groups in total. The summed E-state index contributed by atoms with van der Waals surface area (Å²) in [7, 11) is -2.75. The Balaban J connectivity index is 1.17. The van der Waals surface area contributed by atoms with Crippen molar-refractivity contribution in [3.63, 3.8) is 0 Å². The van der Waals surface area contributed by atoms with E-state index in [2.05, 4.69) is 224 Å². The van der Waals surface area contributed by atoms with E-state index < -0.39 is 8.07 Å². The minimum absolute atomic E-state index is 0.0510. The topological polar surface area (TPSA) is 9.23 Å². The molecule has 2 heterocycles. The minimum Gasteiger partial charge on any atom is -0.458 e. The lowest BCUT2D eigenvalue weighted by Gasteiger charge is -2.35. The van der Waals surface area contributed by atoms with Crippen LogP contribution in [-0.4, -0.2) is 14.8 Å². The predicted octanol–water partition coefficient (Wildman–Crippen LogP) is 8.67. The van der Waals surface area contributed by atoms with Crippen LogP contribution in [0.15, 0.2) is 224 Å². The van der Waals surface area contributed by atoms with Crippen molar-refractivity contribution >= 4 is 51.9 Å². The molecule has 9 aromatic carbocycles. The van der Waals surface area contributed by atoms with Gasteiger partial charge in [0.2, 0.25) is 0 Å². The van der Waals surface area contributed by atoms with Crippen molar-refractivity contribution in [1.82, 2.24) is 0 Å². The molecule has 2 aliphatic heterocycles. The molecule has 3 heteroatoms. The molecule has 266 valence electrons. The molecule has 1 nitrogen and oxygen atoms in total. The Morgan fingerprint density at radius 3 is 1.35 bits per heavy atom. The van der Waals surface area contributed by atoms with E-state index in [9.17, 15) is 0 Å². The van der Waals surface area contributed by atoms with Crippen LogP contribution < -0.4 is 41.9 Å². The fraction of sp³-hybridized carbons (Fsp3) is 0. The van der Waals surface area contributed by atoms with Gasteiger partial charge in [-0.25, -0.2) is 0 Å². The van der Waals surface area contributed by atoms with E-state index in [1.54, 1.807) is 0 Å². The van der Waals surface area contributed by atoms with Crippen molar-refractivity contribution < 1.29 is 4.74 Å². The molecule has 9 aromatic rings. The first-order chi connectivity index (χ1) is 28.3. The maximum absolute atomic E-state index is 7.24. The van der Waals surface area contributed by atoms with E-state index in [0.717, 1.165) is 22.6 Å². The van der Waals surface area contributed by atoms with Crippen LogP contribution in [0.1, 0.15) is 0 Å². The van der Waals surface area contributed by atoms with Gasteiger partial charge in [-0.15, -0.1) is 0 Å². The monoisotopic (exact) mass is 740 g/mol. The lowest BCUT2D eigenvalue weighted by atomic mass is 9.34. The van der Waals surface area contributed by atoms with Crippen LogP contribution >= 0.6 is 0 Å². The largest absolute Gasteiger partial charge is 0.458 e. The molecule has 0 radical (unpaired) electrons. The first kappa shape index (κ1) is 33.4. The first-order valence-corrected chi connectivity index (χ1v) is 21.8. The highest BCUT2D eigenvalue weighted by molar-refractivity contribution is 7.20. The molecule has 0 aliphatic carbocycles. The Bertz CT molecular complexity index is 2840. The smallest absolute Gasteiger partial charge is 0.252 e. The van der Waals surface area contributed by atoms with Crippen molar-refractivity contribution in [3.05, 3.63) is 224 Å². The first-order valence-electron chi connectivity index (χ1n) is 19.8. The molecular formula is C54H37BOSi. The van der Waals surface area contributed by atoms with Crippen LogP contribution in [-0.2, 0) is 0 Å². The van der Waals surface area contributed by atoms with Crippen molar-refractivity contribution in [2.75, 3.05) is 0 Å². The second kappa shape index (κ2) is 13.7. The highest BCUT2D eigenvalue weighted by atomic mass is 28.3. The van der Waals surface area contributed by atoms with Crippen molar-refractivity contribution in [2.24, 2.45) is 0 Å². The zero-order valence-corrected chi connectivity index (χ0v) is 32.3. The quantitative estimate of drug-likeness (QED) is 0.127. The summed E-state index contributed by atoms with van der Waals surface area (Å²) in [6, 6.07) is 82.9. The molecule has 0 amide bonds. The number of ether oxygens (including phenoxy) is 1. The van der Waals surface area contributed by atoms with E-state index in [1.807, 2.05) is 0 Å². The molecule has 57 heavy (non-hydrogen) atoms. The molecule has 0 saturated carbocycles. The third kappa shape index (κ3) is 5.24. The summed E-state index contributed by atoms with van der Waals surface area (Å²) in [5.74, 6) is 1.83. The lowest BCUT2D eigenvalue weighted by Crippen LogP contribution is -2.74. The molecule has 0 fully saturated rings. The highest BCUT2D eigenvalue weighted by Crippen LogP contribution is 2.42. The van der Waals surface area contributed by atoms with Gasteiger partial charge in [0.05, 0.1) is 0 Å². The van der Waals surface area contributed by atoms with Crippen LogP contribution in [0.3, 0.4) is 0 Å². The highest BCUT2D eigenvalue weighted by Gasteiger charge is 2.42. The zero-order chi connectivity index (χ0) is 37.8. The molecule has 0 saturated heterocycles. The van der Waals surface area contributed by atoms with Gasteiger partial charge in [-0.1, -0.05) is 224 Å². The average Bonchev–Trinajstić information content (AvgIpc) is 3.33. The maximum atomic E-state index is 7.24. The second-order valence-electron chi connectivity index (χ2n) is 15.1. The molecule has 2 aliphatic rings. The van der Waals surface area contributed by atoms with Crippen LogP contribution in [0, 0.1) is 0 Å². The summed E-state index contributed by atoms with van der Waals surface area (Å²) >= 11 is 0. The van der Waals surface area contributed by atoms with E-state index >= 15 is 0 Å². The van der Waals surface area contributed by atoms with Gasteiger partial charge in [0.15, 0.2) is 8.07 Å². The lowest BCUT2D eigenvalue weighted by molar-refractivity contribution is 0.489. The summed E-state index contributed by atoms with van der Waals surface area (Å²) in [5.41, 5.74) is 13.3. The average molecular weight is 741 g/mol. The van der Waals surface area contributed by atoms with Gasteiger partial charge in [0.1, 0.15) is 11.5 Å². The second-order valence-corrected chi connectivity index (χ2v) is 18.9. The molecule has 0 atom stereocenters. The Labute approximate surface area is 335 Å². The van der Waals surface area contributed by atoms with Crippen LogP contribution in [0.25, 0.3) is 44.5 Å². The minimum atomic E-state index is -2.75. The standard InChI is InChI=1S/C54H37BOSi/c1-4-20-39(21-5-1)57(40-22-6-2-7-23-40,41-24-8-3-9-25-41)42-26-16-19-38(37-42)43-32-17-35-51-54(43)56-52-36-18-33-49-47-30-13-11-28-45(47)44-27-10-12-29-46(44)48-31-14-15-34-50(48)55(51)53(49)52/h1-37H. The third-order valence-electron chi connectivity index (χ3n) is 12.1. The Hall–Kier alpha value is -6.94. The molecule has 0 aromatic heterocycles. The normalized spacial score (nSPS) is 12.3. The van der Waals surface area contributed by atoms with Gasteiger partial charge >= 0.3 is 0 Å². The van der Waals surface area contributed by atoms with Gasteiger partial charge < -0.3 is 4.74 Å². The van der Waals surface area contributed by atoms with E-state index in [0.29, 0.717) is 0 Å². The SMILES string of the molecule is c1ccc([Si](c2ccccc2)(c2ccccc2)c2cccc(-c3cccc4c3Oc3cccc5c3B4c3ccccc3-c3ccccc3-c3ccccc3-5)c2)cc1. The van der Waals surface area contributed by atoms with Gasteiger partial charge in [-0.3, -0.25) is 0 Å². The van der Waals surface area contributed by atoms with Gasteiger partial charge in [0.25, 0.3) is 6.71 Å². The molecular weight excluding hydrogens is 703 g/mol. The Morgan fingerprint density at radius 1 is 0.316 bits per heavy atom. The van der Waals surface area contributed by atoms with Gasteiger partial charge in [-0.05, 0) is 76.7 Å². The fourth-order valence-electron chi connectivity index (χ4n) is 9.76. The van der Waals surface area contributed by atoms with Crippen molar-refractivity contribution in [1.29, 1.82) is 0 Å². The van der Waals surface area contributed by atoms with Crippen molar-refractivity contribution in [2.45, 2.75) is 0 Å². The fourth-order valence-corrected chi connectivity index (χ4v) is 14.6. The number of fused-ring (bicyclic) bond motifs is 9. The third-order valence-corrected chi connectivity index (χ3v) is 16.9. The van der Waals surface area contributed by atoms with Crippen LogP contribution in [0.5, 0.6) is 11.5 Å². The van der Waals surface area contributed by atoms with E-state index in [-0.39, 0.29) is 6.71 Å². The Morgan fingerprint density at radius 2 is 0.737 bits per heavy atom. The summed E-state index contributed by atoms with van der Waals surface area (Å²) in [6.07, 6.45) is 0. The summed E-state index contributed by atoms with van der Waals surface area (Å²) in [5, 5.41) is 5.40. The molecule has 0 bridgehead atoms. The summed E-state index contributed by atoms with van der Waals surface area (Å²) < 4.78 is 7.24. The maximum Gasteiger partial charge on any atom is 0.252 e. The van der Waals surface area contributed by atoms with Crippen LogP contribution in [0.2, 0.25) is 0 Å². The van der Waals surface area contributed by atoms with Crippen molar-refractivity contribution in [3.8, 4) is 56.0 Å². The van der Waals surface area contributed by atoms with Gasteiger partial charge in [-0.2, -0.15) is 0 Å². The van der Waals surface area contributed by atoms with E-state index in [1.165, 1.54) is 70.5 Å². The predicted molar refractivity (Wildman–Crippen MR) is 243 cm³/mol. The summed E-state index contributed by atoms with van der Waals surface area (Å²) in [6.45, 7) is -0.0510.